The molecule has 0 amide bonds. The molecule has 2 aromatic rings. The van der Waals surface area contributed by atoms with E-state index in [9.17, 15) is 0 Å². The Morgan fingerprint density at radius 2 is 1.60 bits per heavy atom. The van der Waals surface area contributed by atoms with Crippen LogP contribution in [0.4, 0.5) is 0 Å². The smallest absolute Gasteiger partial charge is 0.119 e. The van der Waals surface area contributed by atoms with Crippen molar-refractivity contribution in [3.05, 3.63) is 66.2 Å². The molecule has 0 radical (unpaired) electrons. The van der Waals surface area contributed by atoms with E-state index in [2.05, 4.69) is 17.4 Å². The van der Waals surface area contributed by atoms with Crippen molar-refractivity contribution < 1.29 is 9.47 Å². The molecule has 1 N–H and O–H groups in total. The number of rotatable bonds is 8. The van der Waals surface area contributed by atoms with Crippen molar-refractivity contribution in [3.63, 3.8) is 0 Å². The number of benzene rings is 2. The van der Waals surface area contributed by atoms with Gasteiger partial charge in [-0.25, -0.2) is 0 Å². The van der Waals surface area contributed by atoms with Crippen LogP contribution in [0, 0.1) is 0 Å². The minimum atomic E-state index is 0.195. The lowest BCUT2D eigenvalue weighted by Crippen LogP contribution is -2.29. The van der Waals surface area contributed by atoms with Gasteiger partial charge in [0.1, 0.15) is 12.4 Å². The van der Waals surface area contributed by atoms with Gasteiger partial charge in [-0.05, 0) is 17.7 Å². The van der Waals surface area contributed by atoms with Crippen LogP contribution in [0.25, 0.3) is 0 Å². The molecule has 0 saturated carbocycles. The van der Waals surface area contributed by atoms with E-state index in [1.165, 1.54) is 5.56 Å². The minimum Gasteiger partial charge on any atom is -0.492 e. The summed E-state index contributed by atoms with van der Waals surface area (Å²) in [4.78, 5) is 0. The third-order valence-electron chi connectivity index (χ3n) is 3.04. The van der Waals surface area contributed by atoms with Gasteiger partial charge < -0.3 is 14.8 Å². The van der Waals surface area contributed by atoms with Crippen LogP contribution < -0.4 is 10.1 Å². The maximum Gasteiger partial charge on any atom is 0.119 e. The van der Waals surface area contributed by atoms with E-state index >= 15 is 0 Å². The van der Waals surface area contributed by atoms with Gasteiger partial charge in [-0.15, -0.1) is 0 Å². The highest BCUT2D eigenvalue weighted by Gasteiger charge is 2.09. The first-order chi connectivity index (χ1) is 9.90. The van der Waals surface area contributed by atoms with E-state index in [1.807, 2.05) is 48.5 Å². The zero-order valence-corrected chi connectivity index (χ0v) is 11.8. The lowest BCUT2D eigenvalue weighted by atomic mass is 10.1. The van der Waals surface area contributed by atoms with E-state index in [-0.39, 0.29) is 6.04 Å². The maximum absolute atomic E-state index is 5.67. The average Bonchev–Trinajstić information content (AvgIpc) is 2.52. The lowest BCUT2D eigenvalue weighted by Gasteiger charge is -2.18. The van der Waals surface area contributed by atoms with Crippen molar-refractivity contribution in [2.75, 3.05) is 26.9 Å². The van der Waals surface area contributed by atoms with Crippen molar-refractivity contribution in [1.82, 2.24) is 5.32 Å². The predicted octanol–water partition coefficient (Wildman–Crippen LogP) is 3.04. The van der Waals surface area contributed by atoms with Gasteiger partial charge in [-0.2, -0.15) is 0 Å². The van der Waals surface area contributed by atoms with Crippen LogP contribution in [0.5, 0.6) is 5.75 Å². The molecule has 0 aliphatic carbocycles. The predicted molar refractivity (Wildman–Crippen MR) is 81.0 cm³/mol. The summed E-state index contributed by atoms with van der Waals surface area (Å²) in [5.41, 5.74) is 1.23. The molecule has 0 spiro atoms. The second-order valence-electron chi connectivity index (χ2n) is 4.53. The van der Waals surface area contributed by atoms with Crippen molar-refractivity contribution in [2.45, 2.75) is 6.04 Å². The Bertz CT molecular complexity index is 473. The fraction of sp³-hybridized carbons (Fsp3) is 0.294. The molecule has 2 rings (SSSR count). The van der Waals surface area contributed by atoms with Gasteiger partial charge in [0, 0.05) is 13.7 Å². The summed E-state index contributed by atoms with van der Waals surface area (Å²) in [5.74, 6) is 0.900. The molecule has 1 atom stereocenters. The summed E-state index contributed by atoms with van der Waals surface area (Å²) < 4.78 is 10.9. The molecular formula is C17H21NO2. The zero-order chi connectivity index (χ0) is 14.0. The highest BCUT2D eigenvalue weighted by atomic mass is 16.5. The summed E-state index contributed by atoms with van der Waals surface area (Å²) in [5, 5.41) is 3.46. The van der Waals surface area contributed by atoms with Crippen LogP contribution in [-0.4, -0.2) is 26.9 Å². The zero-order valence-electron chi connectivity index (χ0n) is 11.8. The number of nitrogens with one attached hydrogen (secondary N) is 1. The molecule has 2 aromatic carbocycles. The first-order valence-corrected chi connectivity index (χ1v) is 6.85. The van der Waals surface area contributed by atoms with Crippen molar-refractivity contribution >= 4 is 0 Å². The van der Waals surface area contributed by atoms with E-state index in [0.717, 1.165) is 12.3 Å². The Balaban J connectivity index is 1.78. The van der Waals surface area contributed by atoms with Gasteiger partial charge in [0.05, 0.1) is 12.6 Å². The van der Waals surface area contributed by atoms with Gasteiger partial charge in [-0.1, -0.05) is 48.5 Å². The standard InChI is InChI=1S/C17H21NO2/c1-19-14-17(15-8-4-2-5-9-15)18-12-13-20-16-10-6-3-7-11-16/h2-11,17-18H,12-14H2,1H3. The molecule has 0 bridgehead atoms. The Morgan fingerprint density at radius 1 is 0.950 bits per heavy atom. The first kappa shape index (κ1) is 14.6. The summed E-state index contributed by atoms with van der Waals surface area (Å²) in [6.07, 6.45) is 0. The third kappa shape index (κ3) is 4.68. The molecule has 0 aliphatic rings. The fourth-order valence-electron chi connectivity index (χ4n) is 2.04. The van der Waals surface area contributed by atoms with Crippen LogP contribution in [0.3, 0.4) is 0 Å². The number of methoxy groups -OCH3 is 1. The largest absolute Gasteiger partial charge is 0.492 e. The quantitative estimate of drug-likeness (QED) is 0.749. The molecule has 0 aromatic heterocycles. The SMILES string of the molecule is COCC(NCCOc1ccccc1)c1ccccc1. The molecule has 106 valence electrons. The molecule has 3 heteroatoms. The topological polar surface area (TPSA) is 30.5 Å². The molecule has 0 heterocycles. The van der Waals surface area contributed by atoms with E-state index in [4.69, 9.17) is 9.47 Å². The van der Waals surface area contributed by atoms with Crippen LogP contribution >= 0.6 is 0 Å². The van der Waals surface area contributed by atoms with Gasteiger partial charge in [0.25, 0.3) is 0 Å². The maximum atomic E-state index is 5.67. The highest BCUT2D eigenvalue weighted by Crippen LogP contribution is 2.12. The van der Waals surface area contributed by atoms with Gasteiger partial charge in [-0.3, -0.25) is 0 Å². The molecular weight excluding hydrogens is 250 g/mol. The van der Waals surface area contributed by atoms with Crippen LogP contribution in [0.15, 0.2) is 60.7 Å². The Hall–Kier alpha value is -1.84. The second-order valence-corrected chi connectivity index (χ2v) is 4.53. The highest BCUT2D eigenvalue weighted by molar-refractivity contribution is 5.21. The van der Waals surface area contributed by atoms with Crippen LogP contribution in [0.2, 0.25) is 0 Å². The number of ether oxygens (including phenoxy) is 2. The second kappa shape index (κ2) is 8.35. The monoisotopic (exact) mass is 271 g/mol. The molecule has 0 aliphatic heterocycles. The van der Waals surface area contributed by atoms with Gasteiger partial charge in [0.15, 0.2) is 0 Å². The molecule has 0 fully saturated rings. The van der Waals surface area contributed by atoms with Crippen molar-refractivity contribution in [1.29, 1.82) is 0 Å². The summed E-state index contributed by atoms with van der Waals surface area (Å²) >= 11 is 0. The average molecular weight is 271 g/mol. The Kier molecular flexibility index (Phi) is 6.08. The lowest BCUT2D eigenvalue weighted by molar-refractivity contribution is 0.163. The van der Waals surface area contributed by atoms with Gasteiger partial charge in [0.2, 0.25) is 0 Å². The van der Waals surface area contributed by atoms with Gasteiger partial charge >= 0.3 is 0 Å². The van der Waals surface area contributed by atoms with E-state index in [0.29, 0.717) is 13.2 Å². The molecule has 0 saturated heterocycles. The van der Waals surface area contributed by atoms with E-state index in [1.54, 1.807) is 7.11 Å². The van der Waals surface area contributed by atoms with Crippen LogP contribution in [0.1, 0.15) is 11.6 Å². The molecule has 1 unspecified atom stereocenters. The summed E-state index contributed by atoms with van der Waals surface area (Å²) in [6, 6.07) is 20.4. The Labute approximate surface area is 120 Å². The normalized spacial score (nSPS) is 12.1. The number of hydrogen-bond donors (Lipinski definition) is 1. The molecule has 20 heavy (non-hydrogen) atoms. The minimum absolute atomic E-state index is 0.195. The third-order valence-corrected chi connectivity index (χ3v) is 3.04. The van der Waals surface area contributed by atoms with Crippen molar-refractivity contribution in [3.8, 4) is 5.75 Å². The summed E-state index contributed by atoms with van der Waals surface area (Å²) in [7, 11) is 1.72. The van der Waals surface area contributed by atoms with E-state index < -0.39 is 0 Å². The van der Waals surface area contributed by atoms with Crippen LogP contribution in [-0.2, 0) is 4.74 Å². The Morgan fingerprint density at radius 3 is 2.25 bits per heavy atom. The number of para-hydroxylation sites is 1. The summed E-state index contributed by atoms with van der Waals surface area (Å²) in [6.45, 7) is 2.06. The fourth-order valence-corrected chi connectivity index (χ4v) is 2.04. The number of hydrogen-bond acceptors (Lipinski definition) is 3. The molecule has 3 nitrogen and oxygen atoms in total. The first-order valence-electron chi connectivity index (χ1n) is 6.85. The van der Waals surface area contributed by atoms with Crippen molar-refractivity contribution in [2.24, 2.45) is 0 Å².